The Labute approximate surface area is 171 Å². The molecule has 0 aliphatic carbocycles. The van der Waals surface area contributed by atoms with Crippen molar-refractivity contribution in [1.82, 2.24) is 10.2 Å². The minimum Gasteiger partial charge on any atom is -0.467 e. The number of carbonyl (C=O) groups is 2. The van der Waals surface area contributed by atoms with E-state index in [9.17, 15) is 9.59 Å². The molecular weight excluding hydrogens is 370 g/mol. The molecule has 2 aromatic carbocycles. The molecule has 2 aromatic rings. The summed E-state index contributed by atoms with van der Waals surface area (Å²) >= 11 is 0. The van der Waals surface area contributed by atoms with Gasteiger partial charge in [0.05, 0.1) is 20.3 Å². The van der Waals surface area contributed by atoms with Crippen molar-refractivity contribution in [2.45, 2.75) is 19.0 Å². The molecule has 2 amide bonds. The van der Waals surface area contributed by atoms with Gasteiger partial charge in [-0.1, -0.05) is 42.5 Å². The van der Waals surface area contributed by atoms with Crippen molar-refractivity contribution in [3.8, 4) is 0 Å². The van der Waals surface area contributed by atoms with E-state index in [0.29, 0.717) is 12.1 Å². The Morgan fingerprint density at radius 2 is 1.72 bits per heavy atom. The minimum absolute atomic E-state index is 0.361. The Balaban J connectivity index is 1.54. The SMILES string of the molecule is COC(=O)C(Cc1ccccc1)NC(=O)Nc1ccc(CN2CCOCC2)cc1. The highest BCUT2D eigenvalue weighted by Gasteiger charge is 2.22. The first-order valence-electron chi connectivity index (χ1n) is 9.72. The van der Waals surface area contributed by atoms with E-state index in [4.69, 9.17) is 9.47 Å². The number of hydrogen-bond donors (Lipinski definition) is 2. The molecular formula is C22H27N3O4. The fourth-order valence-electron chi connectivity index (χ4n) is 3.22. The number of anilines is 1. The third-order valence-electron chi connectivity index (χ3n) is 4.80. The highest BCUT2D eigenvalue weighted by molar-refractivity contribution is 5.92. The van der Waals surface area contributed by atoms with Gasteiger partial charge in [0.15, 0.2) is 0 Å². The van der Waals surface area contributed by atoms with E-state index < -0.39 is 18.0 Å². The standard InChI is InChI=1S/C22H27N3O4/c1-28-21(26)20(15-17-5-3-2-4-6-17)24-22(27)23-19-9-7-18(8-10-19)16-25-11-13-29-14-12-25/h2-10,20H,11-16H2,1H3,(H2,23,24,27). The van der Waals surface area contributed by atoms with Crippen molar-refractivity contribution in [3.05, 3.63) is 65.7 Å². The molecule has 1 aliphatic heterocycles. The summed E-state index contributed by atoms with van der Waals surface area (Å²) in [6.07, 6.45) is 0.361. The van der Waals surface area contributed by atoms with Crippen LogP contribution in [0.25, 0.3) is 0 Å². The average Bonchev–Trinajstić information content (AvgIpc) is 2.75. The molecule has 0 bridgehead atoms. The summed E-state index contributed by atoms with van der Waals surface area (Å²) in [6, 6.07) is 16.0. The lowest BCUT2D eigenvalue weighted by Gasteiger charge is -2.26. The Kier molecular flexibility index (Phi) is 7.61. The predicted molar refractivity (Wildman–Crippen MR) is 111 cm³/mol. The summed E-state index contributed by atoms with van der Waals surface area (Å²) in [4.78, 5) is 26.8. The average molecular weight is 397 g/mol. The molecule has 3 rings (SSSR count). The van der Waals surface area contributed by atoms with Gasteiger partial charge >= 0.3 is 12.0 Å². The van der Waals surface area contributed by atoms with Crippen LogP contribution in [0.3, 0.4) is 0 Å². The molecule has 1 atom stereocenters. The minimum atomic E-state index is -0.761. The predicted octanol–water partition coefficient (Wildman–Crippen LogP) is 2.42. The molecule has 7 nitrogen and oxygen atoms in total. The molecule has 1 saturated heterocycles. The quantitative estimate of drug-likeness (QED) is 0.702. The zero-order chi connectivity index (χ0) is 20.5. The van der Waals surface area contributed by atoms with Crippen molar-refractivity contribution in [2.24, 2.45) is 0 Å². The summed E-state index contributed by atoms with van der Waals surface area (Å²) < 4.78 is 10.2. The molecule has 0 radical (unpaired) electrons. The molecule has 1 heterocycles. The van der Waals surface area contributed by atoms with Crippen molar-refractivity contribution in [3.63, 3.8) is 0 Å². The Hall–Kier alpha value is -2.90. The molecule has 1 unspecified atom stereocenters. The number of carbonyl (C=O) groups excluding carboxylic acids is 2. The summed E-state index contributed by atoms with van der Waals surface area (Å²) in [5, 5.41) is 5.47. The van der Waals surface area contributed by atoms with Crippen LogP contribution >= 0.6 is 0 Å². The number of benzene rings is 2. The van der Waals surface area contributed by atoms with Gasteiger partial charge in [-0.25, -0.2) is 9.59 Å². The number of amides is 2. The number of esters is 1. The number of ether oxygens (including phenoxy) is 2. The van der Waals surface area contributed by atoms with Crippen LogP contribution in [0.1, 0.15) is 11.1 Å². The Morgan fingerprint density at radius 3 is 2.38 bits per heavy atom. The van der Waals surface area contributed by atoms with Gasteiger partial charge in [-0.3, -0.25) is 4.90 Å². The fraction of sp³-hybridized carbons (Fsp3) is 0.364. The number of nitrogens with zero attached hydrogens (tertiary/aromatic N) is 1. The molecule has 2 N–H and O–H groups in total. The second-order valence-electron chi connectivity index (χ2n) is 6.95. The second kappa shape index (κ2) is 10.6. The number of morpholine rings is 1. The smallest absolute Gasteiger partial charge is 0.328 e. The van der Waals surface area contributed by atoms with Crippen molar-refractivity contribution >= 4 is 17.7 Å². The summed E-state index contributed by atoms with van der Waals surface area (Å²) in [6.45, 7) is 4.25. The lowest BCUT2D eigenvalue weighted by molar-refractivity contribution is -0.142. The van der Waals surface area contributed by atoms with E-state index in [1.807, 2.05) is 54.6 Å². The van der Waals surface area contributed by atoms with Crippen LogP contribution in [0.5, 0.6) is 0 Å². The maximum absolute atomic E-state index is 12.4. The van der Waals surface area contributed by atoms with E-state index >= 15 is 0 Å². The normalized spacial score (nSPS) is 15.3. The first kappa shape index (κ1) is 20.8. The van der Waals surface area contributed by atoms with Crippen LogP contribution in [0.4, 0.5) is 10.5 Å². The molecule has 0 saturated carbocycles. The summed E-state index contributed by atoms with van der Waals surface area (Å²) in [7, 11) is 1.31. The molecule has 7 heteroatoms. The van der Waals surface area contributed by atoms with Gasteiger partial charge in [-0.15, -0.1) is 0 Å². The third-order valence-corrected chi connectivity index (χ3v) is 4.80. The summed E-state index contributed by atoms with van der Waals surface area (Å²) in [5.41, 5.74) is 2.78. The van der Waals surface area contributed by atoms with Gasteiger partial charge in [0.1, 0.15) is 6.04 Å². The number of methoxy groups -OCH3 is 1. The Bertz CT molecular complexity index is 789. The van der Waals surface area contributed by atoms with Crippen LogP contribution < -0.4 is 10.6 Å². The topological polar surface area (TPSA) is 79.9 Å². The molecule has 29 heavy (non-hydrogen) atoms. The second-order valence-corrected chi connectivity index (χ2v) is 6.95. The monoisotopic (exact) mass is 397 g/mol. The molecule has 0 spiro atoms. The van der Waals surface area contributed by atoms with Crippen molar-refractivity contribution in [2.75, 3.05) is 38.7 Å². The summed E-state index contributed by atoms with van der Waals surface area (Å²) in [5.74, 6) is -0.482. The van der Waals surface area contributed by atoms with Gasteiger partial charge in [0.2, 0.25) is 0 Å². The van der Waals surface area contributed by atoms with Gasteiger partial charge in [0.25, 0.3) is 0 Å². The highest BCUT2D eigenvalue weighted by Crippen LogP contribution is 2.13. The number of nitrogens with one attached hydrogen (secondary N) is 2. The molecule has 0 aromatic heterocycles. The van der Waals surface area contributed by atoms with E-state index in [1.165, 1.54) is 12.7 Å². The first-order chi connectivity index (χ1) is 14.1. The van der Waals surface area contributed by atoms with E-state index in [1.54, 1.807) is 0 Å². The highest BCUT2D eigenvalue weighted by atomic mass is 16.5. The Morgan fingerprint density at radius 1 is 1.03 bits per heavy atom. The van der Waals surface area contributed by atoms with Gasteiger partial charge in [-0.2, -0.15) is 0 Å². The van der Waals surface area contributed by atoms with Crippen LogP contribution in [0, 0.1) is 0 Å². The van der Waals surface area contributed by atoms with Crippen molar-refractivity contribution < 1.29 is 19.1 Å². The van der Waals surface area contributed by atoms with Gasteiger partial charge in [-0.05, 0) is 23.3 Å². The van der Waals surface area contributed by atoms with Gasteiger partial charge < -0.3 is 20.1 Å². The van der Waals surface area contributed by atoms with E-state index in [0.717, 1.165) is 38.4 Å². The molecule has 154 valence electrons. The van der Waals surface area contributed by atoms with Crippen LogP contribution in [-0.2, 0) is 27.2 Å². The number of rotatable bonds is 7. The van der Waals surface area contributed by atoms with Crippen LogP contribution in [0.2, 0.25) is 0 Å². The fourth-order valence-corrected chi connectivity index (χ4v) is 3.22. The maximum atomic E-state index is 12.4. The first-order valence-corrected chi connectivity index (χ1v) is 9.72. The van der Waals surface area contributed by atoms with E-state index in [2.05, 4.69) is 15.5 Å². The number of hydrogen-bond acceptors (Lipinski definition) is 5. The molecule has 1 fully saturated rings. The van der Waals surface area contributed by atoms with Gasteiger partial charge in [0, 0.05) is 31.7 Å². The maximum Gasteiger partial charge on any atom is 0.328 e. The largest absolute Gasteiger partial charge is 0.467 e. The van der Waals surface area contributed by atoms with Crippen molar-refractivity contribution in [1.29, 1.82) is 0 Å². The zero-order valence-corrected chi connectivity index (χ0v) is 16.6. The van der Waals surface area contributed by atoms with E-state index in [-0.39, 0.29) is 0 Å². The molecule has 1 aliphatic rings. The van der Waals surface area contributed by atoms with Crippen LogP contribution in [0.15, 0.2) is 54.6 Å². The van der Waals surface area contributed by atoms with Crippen LogP contribution in [-0.4, -0.2) is 56.4 Å². The lowest BCUT2D eigenvalue weighted by Crippen LogP contribution is -2.45. The lowest BCUT2D eigenvalue weighted by atomic mass is 10.1. The third kappa shape index (κ3) is 6.58. The number of urea groups is 1. The zero-order valence-electron chi connectivity index (χ0n) is 16.6.